The molecule has 0 fully saturated rings. The van der Waals surface area contributed by atoms with E-state index >= 15 is 0 Å². The topological polar surface area (TPSA) is 93.9 Å². The number of aromatic nitrogens is 2. The molecule has 2 N–H and O–H groups in total. The lowest BCUT2D eigenvalue weighted by Crippen LogP contribution is -2.16. The number of hydrogen-bond donors (Lipinski definition) is 2. The fourth-order valence-electron chi connectivity index (χ4n) is 2.96. The molecular formula is C22H15N5O. The average molecular weight is 365 g/mol. The van der Waals surface area contributed by atoms with Gasteiger partial charge >= 0.3 is 0 Å². The first kappa shape index (κ1) is 17.2. The Kier molecular flexibility index (Phi) is 4.64. The first-order chi connectivity index (χ1) is 13.8. The molecule has 0 bridgehead atoms. The summed E-state index contributed by atoms with van der Waals surface area (Å²) in [4.78, 5) is 19.2. The molecular weight excluding hydrogens is 350 g/mol. The molecule has 0 aliphatic carbocycles. The molecule has 28 heavy (non-hydrogen) atoms. The number of H-pyrrole nitrogens is 1. The Labute approximate surface area is 160 Å². The van der Waals surface area contributed by atoms with Crippen molar-refractivity contribution in [1.29, 1.82) is 5.26 Å². The Balaban J connectivity index is 1.67. The van der Waals surface area contributed by atoms with Gasteiger partial charge in [-0.1, -0.05) is 72.8 Å². The predicted molar refractivity (Wildman–Crippen MR) is 110 cm³/mol. The Bertz CT molecular complexity index is 1260. The Morgan fingerprint density at radius 3 is 2.57 bits per heavy atom. The van der Waals surface area contributed by atoms with E-state index in [1.165, 1.54) is 0 Å². The second kappa shape index (κ2) is 7.56. The highest BCUT2D eigenvalue weighted by Crippen LogP contribution is 2.20. The van der Waals surface area contributed by atoms with Crippen LogP contribution in [0.3, 0.4) is 0 Å². The van der Waals surface area contributed by atoms with Gasteiger partial charge in [-0.05, 0) is 10.8 Å². The van der Waals surface area contributed by atoms with Gasteiger partial charge in [0.15, 0.2) is 0 Å². The van der Waals surface area contributed by atoms with Gasteiger partial charge in [0.1, 0.15) is 11.6 Å². The Morgan fingerprint density at radius 2 is 1.75 bits per heavy atom. The van der Waals surface area contributed by atoms with Gasteiger partial charge in [-0.2, -0.15) is 10.4 Å². The van der Waals surface area contributed by atoms with E-state index in [1.807, 2.05) is 66.7 Å². The molecule has 0 spiro atoms. The average Bonchev–Trinajstić information content (AvgIpc) is 2.74. The van der Waals surface area contributed by atoms with Crippen molar-refractivity contribution < 1.29 is 0 Å². The number of anilines is 1. The van der Waals surface area contributed by atoms with Gasteiger partial charge in [0.2, 0.25) is 5.95 Å². The molecule has 0 aliphatic rings. The lowest BCUT2D eigenvalue weighted by atomic mass is 10.1. The molecule has 0 aliphatic heterocycles. The number of nitrogens with one attached hydrogen (secondary N) is 2. The third-order valence-electron chi connectivity index (χ3n) is 4.28. The van der Waals surface area contributed by atoms with E-state index in [0.29, 0.717) is 11.3 Å². The van der Waals surface area contributed by atoms with Gasteiger partial charge in [-0.15, -0.1) is 0 Å². The monoisotopic (exact) mass is 365 g/mol. The minimum absolute atomic E-state index is 0.0326. The molecule has 0 unspecified atom stereocenters. The highest BCUT2D eigenvalue weighted by Gasteiger charge is 2.12. The van der Waals surface area contributed by atoms with Crippen molar-refractivity contribution in [2.24, 2.45) is 5.10 Å². The van der Waals surface area contributed by atoms with Gasteiger partial charge in [0.05, 0.1) is 11.9 Å². The summed E-state index contributed by atoms with van der Waals surface area (Å²) in [5, 5.41) is 15.7. The van der Waals surface area contributed by atoms with Crippen LogP contribution in [0.2, 0.25) is 0 Å². The molecule has 6 heteroatoms. The molecule has 6 nitrogen and oxygen atoms in total. The van der Waals surface area contributed by atoms with Gasteiger partial charge in [-0.3, -0.25) is 9.78 Å². The summed E-state index contributed by atoms with van der Waals surface area (Å²) in [7, 11) is 0. The highest BCUT2D eigenvalue weighted by atomic mass is 16.1. The number of benzene rings is 3. The third-order valence-corrected chi connectivity index (χ3v) is 4.28. The van der Waals surface area contributed by atoms with Crippen LogP contribution in [-0.2, 0) is 0 Å². The van der Waals surface area contributed by atoms with E-state index in [-0.39, 0.29) is 11.5 Å². The summed E-state index contributed by atoms with van der Waals surface area (Å²) >= 11 is 0. The van der Waals surface area contributed by atoms with E-state index < -0.39 is 5.56 Å². The van der Waals surface area contributed by atoms with Crippen molar-refractivity contribution in [2.75, 3.05) is 5.43 Å². The largest absolute Gasteiger partial charge is 0.290 e. The summed E-state index contributed by atoms with van der Waals surface area (Å²) in [6, 6.07) is 25.0. The van der Waals surface area contributed by atoms with Crippen molar-refractivity contribution in [3.05, 3.63) is 94.3 Å². The fraction of sp³-hybridized carbons (Fsp3) is 0. The lowest BCUT2D eigenvalue weighted by Gasteiger charge is -2.06. The maximum atomic E-state index is 12.3. The minimum atomic E-state index is -0.515. The van der Waals surface area contributed by atoms with Crippen LogP contribution in [0.25, 0.3) is 22.0 Å². The zero-order chi connectivity index (χ0) is 19.3. The van der Waals surface area contributed by atoms with Crippen molar-refractivity contribution >= 4 is 22.9 Å². The minimum Gasteiger partial charge on any atom is -0.290 e. The maximum absolute atomic E-state index is 12.3. The van der Waals surface area contributed by atoms with Crippen LogP contribution in [0.15, 0.2) is 82.7 Å². The zero-order valence-corrected chi connectivity index (χ0v) is 14.8. The molecule has 4 rings (SSSR count). The standard InChI is InChI=1S/C22H15N5O/c23-13-19-20(16-8-2-1-3-9-16)25-22(26-21(19)28)27-24-14-17-11-6-10-15-7-4-5-12-18(15)17/h1-12,14H,(H2,25,26,27,28). The molecule has 0 radical (unpaired) electrons. The molecule has 0 atom stereocenters. The van der Waals surface area contributed by atoms with Crippen LogP contribution in [0, 0.1) is 11.3 Å². The van der Waals surface area contributed by atoms with Gasteiger partial charge in [0, 0.05) is 11.1 Å². The Hall–Kier alpha value is -4.24. The van der Waals surface area contributed by atoms with E-state index in [0.717, 1.165) is 16.3 Å². The van der Waals surface area contributed by atoms with Gasteiger partial charge in [0.25, 0.3) is 5.56 Å². The molecule has 134 valence electrons. The molecule has 0 saturated carbocycles. The summed E-state index contributed by atoms with van der Waals surface area (Å²) < 4.78 is 0. The number of fused-ring (bicyclic) bond motifs is 1. The van der Waals surface area contributed by atoms with Crippen molar-refractivity contribution in [3.63, 3.8) is 0 Å². The lowest BCUT2D eigenvalue weighted by molar-refractivity contribution is 1.08. The normalized spacial score (nSPS) is 10.8. The van der Waals surface area contributed by atoms with Crippen molar-refractivity contribution in [2.45, 2.75) is 0 Å². The highest BCUT2D eigenvalue weighted by molar-refractivity contribution is 5.99. The van der Waals surface area contributed by atoms with Crippen LogP contribution < -0.4 is 11.0 Å². The fourth-order valence-corrected chi connectivity index (χ4v) is 2.96. The van der Waals surface area contributed by atoms with E-state index in [4.69, 9.17) is 0 Å². The molecule has 1 heterocycles. The van der Waals surface area contributed by atoms with E-state index in [1.54, 1.807) is 18.3 Å². The zero-order valence-electron chi connectivity index (χ0n) is 14.8. The second-order valence-electron chi connectivity index (χ2n) is 6.05. The van der Waals surface area contributed by atoms with Crippen LogP contribution in [0.1, 0.15) is 11.1 Å². The number of nitrogens with zero attached hydrogens (tertiary/aromatic N) is 3. The number of nitriles is 1. The number of hydrazone groups is 1. The van der Waals surface area contributed by atoms with Crippen LogP contribution in [0.4, 0.5) is 5.95 Å². The summed E-state index contributed by atoms with van der Waals surface area (Å²) in [6.45, 7) is 0. The third kappa shape index (κ3) is 3.37. The summed E-state index contributed by atoms with van der Waals surface area (Å²) in [6.07, 6.45) is 1.67. The Morgan fingerprint density at radius 1 is 1.00 bits per heavy atom. The molecule has 1 aromatic heterocycles. The second-order valence-corrected chi connectivity index (χ2v) is 6.05. The molecule has 0 saturated heterocycles. The van der Waals surface area contributed by atoms with Crippen molar-refractivity contribution in [1.82, 2.24) is 9.97 Å². The van der Waals surface area contributed by atoms with Gasteiger partial charge < -0.3 is 0 Å². The quantitative estimate of drug-likeness (QED) is 0.423. The van der Waals surface area contributed by atoms with Gasteiger partial charge in [-0.25, -0.2) is 10.4 Å². The SMILES string of the molecule is N#Cc1c(-c2ccccc2)nc(NN=Cc2cccc3ccccc23)[nH]c1=O. The maximum Gasteiger partial charge on any atom is 0.270 e. The van der Waals surface area contributed by atoms with Crippen LogP contribution in [0.5, 0.6) is 0 Å². The summed E-state index contributed by atoms with van der Waals surface area (Å²) in [5.41, 5.74) is 4.14. The number of rotatable bonds is 4. The van der Waals surface area contributed by atoms with Crippen molar-refractivity contribution in [3.8, 4) is 17.3 Å². The van der Waals surface area contributed by atoms with Crippen LogP contribution in [-0.4, -0.2) is 16.2 Å². The van der Waals surface area contributed by atoms with E-state index in [9.17, 15) is 10.1 Å². The number of aromatic amines is 1. The first-order valence-electron chi connectivity index (χ1n) is 8.63. The first-order valence-corrected chi connectivity index (χ1v) is 8.63. The van der Waals surface area contributed by atoms with Crippen LogP contribution >= 0.6 is 0 Å². The smallest absolute Gasteiger partial charge is 0.270 e. The predicted octanol–water partition coefficient (Wildman–Crippen LogP) is 3.91. The molecule has 4 aromatic rings. The molecule has 0 amide bonds. The number of hydrogen-bond acceptors (Lipinski definition) is 5. The summed E-state index contributed by atoms with van der Waals surface area (Å²) in [5.74, 6) is 0.166. The van der Waals surface area contributed by atoms with E-state index in [2.05, 4.69) is 20.5 Å². The molecule has 3 aromatic carbocycles.